The highest BCUT2D eigenvalue weighted by molar-refractivity contribution is 5.74. The number of hydroxylamine groups is 1. The van der Waals surface area contributed by atoms with Gasteiger partial charge in [0.25, 0.3) is 0 Å². The Hall–Kier alpha value is -0.690. The van der Waals surface area contributed by atoms with E-state index in [4.69, 9.17) is 19.4 Å². The molecule has 2 fully saturated rings. The first-order valence-electron chi connectivity index (χ1n) is 10.4. The first-order chi connectivity index (χ1) is 12.7. The van der Waals surface area contributed by atoms with Gasteiger partial charge in [-0.15, -0.1) is 0 Å². The van der Waals surface area contributed by atoms with Gasteiger partial charge in [-0.2, -0.15) is 0 Å². The number of carbonyl (C=O) groups excluding carboxylic acids is 1. The van der Waals surface area contributed by atoms with E-state index in [0.29, 0.717) is 43.5 Å². The SMILES string of the molecule is CCCCCCOCC1C2CCC(O2)C1COC(C)CCCC(=O)NO. The van der Waals surface area contributed by atoms with Crippen LogP contribution >= 0.6 is 0 Å². The molecule has 0 saturated carbocycles. The Labute approximate surface area is 157 Å². The lowest BCUT2D eigenvalue weighted by Crippen LogP contribution is -2.35. The Balaban J connectivity index is 1.65. The van der Waals surface area contributed by atoms with Crippen LogP contribution in [0.3, 0.4) is 0 Å². The smallest absolute Gasteiger partial charge is 0.243 e. The summed E-state index contributed by atoms with van der Waals surface area (Å²) in [4.78, 5) is 11.0. The third-order valence-electron chi connectivity index (χ3n) is 5.76. The van der Waals surface area contributed by atoms with E-state index in [1.807, 2.05) is 6.92 Å². The summed E-state index contributed by atoms with van der Waals surface area (Å²) >= 11 is 0. The number of rotatable bonds is 14. The van der Waals surface area contributed by atoms with E-state index in [1.165, 1.54) is 19.3 Å². The highest BCUT2D eigenvalue weighted by Crippen LogP contribution is 2.43. The minimum atomic E-state index is -0.338. The molecule has 5 atom stereocenters. The van der Waals surface area contributed by atoms with Crippen molar-refractivity contribution in [3.63, 3.8) is 0 Å². The molecule has 2 bridgehead atoms. The lowest BCUT2D eigenvalue weighted by Gasteiger charge is -2.28. The molecule has 2 saturated heterocycles. The van der Waals surface area contributed by atoms with Gasteiger partial charge >= 0.3 is 0 Å². The first-order valence-corrected chi connectivity index (χ1v) is 10.4. The van der Waals surface area contributed by atoms with Crippen molar-refractivity contribution in [1.29, 1.82) is 0 Å². The van der Waals surface area contributed by atoms with Crippen molar-refractivity contribution in [2.24, 2.45) is 11.8 Å². The van der Waals surface area contributed by atoms with E-state index in [-0.39, 0.29) is 12.0 Å². The van der Waals surface area contributed by atoms with Crippen molar-refractivity contribution < 1.29 is 24.2 Å². The van der Waals surface area contributed by atoms with Crippen molar-refractivity contribution in [2.75, 3.05) is 19.8 Å². The normalized spacial score (nSPS) is 28.4. The lowest BCUT2D eigenvalue weighted by atomic mass is 9.80. The Morgan fingerprint density at radius 3 is 2.58 bits per heavy atom. The molecule has 0 aliphatic carbocycles. The Morgan fingerprint density at radius 2 is 1.88 bits per heavy atom. The fourth-order valence-electron chi connectivity index (χ4n) is 4.15. The van der Waals surface area contributed by atoms with Gasteiger partial charge in [-0.3, -0.25) is 10.0 Å². The van der Waals surface area contributed by atoms with Crippen molar-refractivity contribution in [2.45, 2.75) is 89.9 Å². The van der Waals surface area contributed by atoms with Gasteiger partial charge in [0.2, 0.25) is 5.91 Å². The summed E-state index contributed by atoms with van der Waals surface area (Å²) in [6, 6.07) is 0. The summed E-state index contributed by atoms with van der Waals surface area (Å²) in [7, 11) is 0. The zero-order chi connectivity index (χ0) is 18.8. The van der Waals surface area contributed by atoms with E-state index in [9.17, 15) is 4.79 Å². The average molecular weight is 372 g/mol. The maximum atomic E-state index is 11.0. The van der Waals surface area contributed by atoms with Crippen LogP contribution in [-0.2, 0) is 19.0 Å². The maximum Gasteiger partial charge on any atom is 0.243 e. The molecule has 1 amide bonds. The number of hydrogen-bond donors (Lipinski definition) is 2. The number of amides is 1. The Bertz CT molecular complexity index is 406. The van der Waals surface area contributed by atoms with Crippen LogP contribution in [-0.4, -0.2) is 49.2 Å². The molecular weight excluding hydrogens is 334 g/mol. The van der Waals surface area contributed by atoms with Gasteiger partial charge in [0.05, 0.1) is 31.5 Å². The van der Waals surface area contributed by atoms with Gasteiger partial charge in [0.15, 0.2) is 0 Å². The van der Waals surface area contributed by atoms with Crippen molar-refractivity contribution in [3.8, 4) is 0 Å². The summed E-state index contributed by atoms with van der Waals surface area (Å²) in [6.07, 6.45) is 9.85. The molecule has 0 aromatic carbocycles. The molecule has 2 rings (SSSR count). The van der Waals surface area contributed by atoms with Crippen LogP contribution in [0.1, 0.15) is 71.6 Å². The minimum absolute atomic E-state index is 0.108. The zero-order valence-electron chi connectivity index (χ0n) is 16.5. The highest BCUT2D eigenvalue weighted by Gasteiger charge is 2.48. The monoisotopic (exact) mass is 371 g/mol. The second kappa shape index (κ2) is 11.9. The summed E-state index contributed by atoms with van der Waals surface area (Å²) in [5, 5.41) is 8.51. The van der Waals surface area contributed by atoms with Crippen LogP contribution in [0.4, 0.5) is 0 Å². The molecule has 0 spiro atoms. The van der Waals surface area contributed by atoms with Gasteiger partial charge in [-0.1, -0.05) is 26.2 Å². The van der Waals surface area contributed by atoms with Crippen molar-refractivity contribution in [3.05, 3.63) is 0 Å². The molecule has 0 aromatic heterocycles. The Morgan fingerprint density at radius 1 is 1.15 bits per heavy atom. The van der Waals surface area contributed by atoms with Crippen LogP contribution in [0.5, 0.6) is 0 Å². The fraction of sp³-hybridized carbons (Fsp3) is 0.950. The molecule has 6 nitrogen and oxygen atoms in total. The van der Waals surface area contributed by atoms with Gasteiger partial charge in [0.1, 0.15) is 0 Å². The summed E-state index contributed by atoms with van der Waals surface area (Å²) in [5.74, 6) is 0.537. The van der Waals surface area contributed by atoms with Crippen LogP contribution in [0.25, 0.3) is 0 Å². The van der Waals surface area contributed by atoms with E-state index < -0.39 is 0 Å². The molecule has 2 aliphatic heterocycles. The lowest BCUT2D eigenvalue weighted by molar-refractivity contribution is -0.129. The van der Waals surface area contributed by atoms with E-state index in [0.717, 1.165) is 38.9 Å². The van der Waals surface area contributed by atoms with Gasteiger partial charge in [0, 0.05) is 24.9 Å². The molecule has 6 heteroatoms. The summed E-state index contributed by atoms with van der Waals surface area (Å²) in [6.45, 7) is 6.61. The predicted octanol–water partition coefficient (Wildman–Crippen LogP) is 3.46. The molecule has 26 heavy (non-hydrogen) atoms. The number of nitrogens with one attached hydrogen (secondary N) is 1. The molecule has 0 radical (unpaired) electrons. The van der Waals surface area contributed by atoms with Gasteiger partial charge in [-0.25, -0.2) is 5.48 Å². The zero-order valence-corrected chi connectivity index (χ0v) is 16.5. The number of ether oxygens (including phenoxy) is 3. The van der Waals surface area contributed by atoms with E-state index >= 15 is 0 Å². The molecule has 0 aromatic rings. The van der Waals surface area contributed by atoms with Crippen LogP contribution in [0.15, 0.2) is 0 Å². The summed E-state index contributed by atoms with van der Waals surface area (Å²) in [5.41, 5.74) is 1.66. The third kappa shape index (κ3) is 6.80. The number of carbonyl (C=O) groups is 1. The maximum absolute atomic E-state index is 11.0. The highest BCUT2D eigenvalue weighted by atomic mass is 16.5. The number of unbranched alkanes of at least 4 members (excludes halogenated alkanes) is 3. The second-order valence-electron chi connectivity index (χ2n) is 7.82. The number of hydrogen-bond acceptors (Lipinski definition) is 5. The number of fused-ring (bicyclic) bond motifs is 2. The topological polar surface area (TPSA) is 77.0 Å². The fourth-order valence-corrected chi connectivity index (χ4v) is 4.15. The molecule has 2 N–H and O–H groups in total. The first kappa shape index (κ1) is 21.6. The average Bonchev–Trinajstić information content (AvgIpc) is 3.24. The molecule has 5 unspecified atom stereocenters. The second-order valence-corrected chi connectivity index (χ2v) is 7.82. The minimum Gasteiger partial charge on any atom is -0.381 e. The third-order valence-corrected chi connectivity index (χ3v) is 5.76. The molecule has 2 heterocycles. The van der Waals surface area contributed by atoms with Crippen molar-refractivity contribution in [1.82, 2.24) is 5.48 Å². The van der Waals surface area contributed by atoms with Crippen LogP contribution in [0, 0.1) is 11.8 Å². The summed E-state index contributed by atoms with van der Waals surface area (Å²) < 4.78 is 18.1. The molecule has 152 valence electrons. The largest absolute Gasteiger partial charge is 0.381 e. The van der Waals surface area contributed by atoms with Gasteiger partial charge in [-0.05, 0) is 39.0 Å². The Kier molecular flexibility index (Phi) is 9.89. The quantitative estimate of drug-likeness (QED) is 0.278. The van der Waals surface area contributed by atoms with E-state index in [1.54, 1.807) is 5.48 Å². The van der Waals surface area contributed by atoms with Gasteiger partial charge < -0.3 is 14.2 Å². The van der Waals surface area contributed by atoms with Crippen LogP contribution < -0.4 is 5.48 Å². The predicted molar refractivity (Wildman–Crippen MR) is 99.0 cm³/mol. The van der Waals surface area contributed by atoms with Crippen LogP contribution in [0.2, 0.25) is 0 Å². The molecular formula is C20H37NO5. The standard InChI is InChI=1S/C20H37NO5/c1-3-4-5-6-12-24-13-16-17(19-11-10-18(16)26-19)14-25-15(2)8-7-9-20(22)21-23/h15-19,23H,3-14H2,1-2H3,(H,21,22). The van der Waals surface area contributed by atoms with E-state index in [2.05, 4.69) is 6.92 Å². The molecule has 2 aliphatic rings. The van der Waals surface area contributed by atoms with Crippen molar-refractivity contribution >= 4 is 5.91 Å².